The van der Waals surface area contributed by atoms with Gasteiger partial charge in [0.25, 0.3) is 0 Å². The van der Waals surface area contributed by atoms with Crippen molar-refractivity contribution >= 4 is 23.1 Å². The third-order valence-electron chi connectivity index (χ3n) is 3.61. The lowest BCUT2D eigenvalue weighted by Gasteiger charge is -2.37. The molecule has 3 N–H and O–H groups in total. The Labute approximate surface area is 119 Å². The molecular weight excluding hydrogens is 260 g/mol. The Bertz CT molecular complexity index is 441. The monoisotopic (exact) mass is 280 g/mol. The molecule has 5 heteroatoms. The molecule has 0 bridgehead atoms. The molecule has 104 valence electrons. The van der Waals surface area contributed by atoms with Crippen LogP contribution in [0.15, 0.2) is 24.3 Å². The highest BCUT2D eigenvalue weighted by atomic mass is 35.5. The molecule has 0 spiro atoms. The average molecular weight is 281 g/mol. The van der Waals surface area contributed by atoms with Crippen LogP contribution in [0.3, 0.4) is 0 Å². The number of rotatable bonds is 4. The van der Waals surface area contributed by atoms with Crippen LogP contribution in [-0.2, 0) is 0 Å². The molecule has 1 fully saturated rings. The third-order valence-corrected chi connectivity index (χ3v) is 3.84. The molecular formula is C14H21ClN4. The van der Waals surface area contributed by atoms with Crippen molar-refractivity contribution in [2.24, 2.45) is 11.7 Å². The quantitative estimate of drug-likeness (QED) is 0.655. The average Bonchev–Trinajstić information content (AvgIpc) is 2.39. The molecule has 1 atom stereocenters. The lowest BCUT2D eigenvalue weighted by molar-refractivity contribution is 0.243. The number of piperazine rings is 1. The van der Waals surface area contributed by atoms with Crippen LogP contribution in [0.25, 0.3) is 0 Å². The predicted octanol–water partition coefficient (Wildman–Crippen LogP) is 2.03. The summed E-state index contributed by atoms with van der Waals surface area (Å²) in [5.41, 5.74) is 6.71. The summed E-state index contributed by atoms with van der Waals surface area (Å²) in [6.45, 7) is 6.87. The fraction of sp³-hybridized carbons (Fsp3) is 0.500. The van der Waals surface area contributed by atoms with Crippen LogP contribution in [0.2, 0.25) is 5.02 Å². The smallest absolute Gasteiger partial charge is 0.0947 e. The van der Waals surface area contributed by atoms with E-state index in [1.807, 2.05) is 25.1 Å². The van der Waals surface area contributed by atoms with E-state index in [0.29, 0.717) is 0 Å². The fourth-order valence-electron chi connectivity index (χ4n) is 2.35. The molecule has 1 unspecified atom stereocenters. The summed E-state index contributed by atoms with van der Waals surface area (Å²) >= 11 is 6.02. The van der Waals surface area contributed by atoms with E-state index < -0.39 is 0 Å². The van der Waals surface area contributed by atoms with E-state index in [1.165, 1.54) is 5.69 Å². The first-order valence-corrected chi connectivity index (χ1v) is 7.01. The number of halogens is 1. The lowest BCUT2D eigenvalue weighted by Crippen LogP contribution is -2.48. The van der Waals surface area contributed by atoms with Crippen molar-refractivity contribution < 1.29 is 0 Å². The number of hydrogen-bond donors (Lipinski definition) is 2. The Morgan fingerprint density at radius 2 is 2.05 bits per heavy atom. The minimum atomic E-state index is 0.137. The van der Waals surface area contributed by atoms with Crippen molar-refractivity contribution in [1.82, 2.24) is 4.90 Å². The van der Waals surface area contributed by atoms with E-state index in [2.05, 4.69) is 15.9 Å². The van der Waals surface area contributed by atoms with Gasteiger partial charge in [-0.3, -0.25) is 10.3 Å². The molecule has 1 aliphatic rings. The molecule has 1 aromatic carbocycles. The highest BCUT2D eigenvalue weighted by Gasteiger charge is 2.19. The van der Waals surface area contributed by atoms with Gasteiger partial charge in [-0.25, -0.2) is 0 Å². The summed E-state index contributed by atoms with van der Waals surface area (Å²) in [6.07, 6.45) is 0. The minimum Gasteiger partial charge on any atom is -0.387 e. The van der Waals surface area contributed by atoms with Crippen LogP contribution >= 0.6 is 11.6 Å². The van der Waals surface area contributed by atoms with Crippen molar-refractivity contribution in [3.63, 3.8) is 0 Å². The van der Waals surface area contributed by atoms with Gasteiger partial charge in [-0.05, 0) is 18.2 Å². The van der Waals surface area contributed by atoms with Gasteiger partial charge >= 0.3 is 0 Å². The van der Waals surface area contributed by atoms with Crippen molar-refractivity contribution in [3.8, 4) is 0 Å². The van der Waals surface area contributed by atoms with Crippen LogP contribution < -0.4 is 10.6 Å². The van der Waals surface area contributed by atoms with Gasteiger partial charge in [-0.15, -0.1) is 0 Å². The second-order valence-electron chi connectivity index (χ2n) is 5.12. The van der Waals surface area contributed by atoms with E-state index in [0.717, 1.165) is 37.7 Å². The molecule has 0 amide bonds. The second-order valence-corrected chi connectivity index (χ2v) is 5.56. The Morgan fingerprint density at radius 3 is 2.63 bits per heavy atom. The molecule has 0 aromatic heterocycles. The topological polar surface area (TPSA) is 56.4 Å². The van der Waals surface area contributed by atoms with E-state index >= 15 is 0 Å². The van der Waals surface area contributed by atoms with Gasteiger partial charge < -0.3 is 10.6 Å². The van der Waals surface area contributed by atoms with Gasteiger partial charge in [0.15, 0.2) is 0 Å². The number of hydrogen-bond acceptors (Lipinski definition) is 3. The van der Waals surface area contributed by atoms with Gasteiger partial charge in [0.2, 0.25) is 0 Å². The SMILES string of the molecule is CC(CN1CCN(c2cccc(Cl)c2)CC1)C(=N)N. The fourth-order valence-corrected chi connectivity index (χ4v) is 2.53. The van der Waals surface area contributed by atoms with E-state index in [9.17, 15) is 0 Å². The minimum absolute atomic E-state index is 0.137. The summed E-state index contributed by atoms with van der Waals surface area (Å²) < 4.78 is 0. The van der Waals surface area contributed by atoms with E-state index in [1.54, 1.807) is 0 Å². The molecule has 1 aromatic rings. The Kier molecular flexibility index (Phi) is 4.66. The lowest BCUT2D eigenvalue weighted by atomic mass is 10.1. The first-order chi connectivity index (χ1) is 9.06. The maximum atomic E-state index is 7.44. The van der Waals surface area contributed by atoms with E-state index in [-0.39, 0.29) is 11.8 Å². The first-order valence-electron chi connectivity index (χ1n) is 6.63. The molecule has 0 aliphatic carbocycles. The van der Waals surface area contributed by atoms with Gasteiger partial charge in [-0.2, -0.15) is 0 Å². The number of benzene rings is 1. The Balaban J connectivity index is 1.87. The van der Waals surface area contributed by atoms with Crippen LogP contribution in [0.1, 0.15) is 6.92 Å². The highest BCUT2D eigenvalue weighted by Crippen LogP contribution is 2.20. The molecule has 1 saturated heterocycles. The number of anilines is 1. The van der Waals surface area contributed by atoms with Crippen LogP contribution in [0, 0.1) is 11.3 Å². The normalized spacial score (nSPS) is 18.3. The van der Waals surface area contributed by atoms with Crippen molar-refractivity contribution in [2.45, 2.75) is 6.92 Å². The Hall–Kier alpha value is -1.26. The Morgan fingerprint density at radius 1 is 1.37 bits per heavy atom. The van der Waals surface area contributed by atoms with Gasteiger partial charge in [-0.1, -0.05) is 24.6 Å². The van der Waals surface area contributed by atoms with E-state index in [4.69, 9.17) is 22.7 Å². The maximum absolute atomic E-state index is 7.44. The summed E-state index contributed by atoms with van der Waals surface area (Å²) in [7, 11) is 0. The van der Waals surface area contributed by atoms with Gasteiger partial charge in [0.05, 0.1) is 5.84 Å². The zero-order valence-corrected chi connectivity index (χ0v) is 12.0. The molecule has 1 heterocycles. The summed E-state index contributed by atoms with van der Waals surface area (Å²) in [5, 5.41) is 8.23. The number of amidine groups is 1. The summed E-state index contributed by atoms with van der Waals surface area (Å²) in [4.78, 5) is 4.72. The summed E-state index contributed by atoms with van der Waals surface area (Å²) in [6, 6.07) is 7.99. The molecule has 1 aliphatic heterocycles. The molecule has 0 radical (unpaired) electrons. The zero-order chi connectivity index (χ0) is 13.8. The summed E-state index contributed by atoms with van der Waals surface area (Å²) in [5.74, 6) is 0.412. The number of nitrogens with zero attached hydrogens (tertiary/aromatic N) is 2. The first kappa shape index (κ1) is 14.2. The van der Waals surface area contributed by atoms with Crippen LogP contribution in [0.4, 0.5) is 5.69 Å². The van der Waals surface area contributed by atoms with Crippen molar-refractivity contribution in [1.29, 1.82) is 5.41 Å². The number of nitrogens with one attached hydrogen (secondary N) is 1. The molecule has 0 saturated carbocycles. The largest absolute Gasteiger partial charge is 0.387 e. The molecule has 2 rings (SSSR count). The van der Waals surface area contributed by atoms with Crippen molar-refractivity contribution in [3.05, 3.63) is 29.3 Å². The van der Waals surface area contributed by atoms with Crippen molar-refractivity contribution in [2.75, 3.05) is 37.6 Å². The van der Waals surface area contributed by atoms with Gasteiger partial charge in [0, 0.05) is 49.4 Å². The number of nitrogens with two attached hydrogens (primary N) is 1. The highest BCUT2D eigenvalue weighted by molar-refractivity contribution is 6.30. The molecule has 4 nitrogen and oxygen atoms in total. The van der Waals surface area contributed by atoms with Crippen LogP contribution in [-0.4, -0.2) is 43.5 Å². The van der Waals surface area contributed by atoms with Gasteiger partial charge in [0.1, 0.15) is 0 Å². The second kappa shape index (κ2) is 6.26. The molecule has 19 heavy (non-hydrogen) atoms. The maximum Gasteiger partial charge on any atom is 0.0947 e. The van der Waals surface area contributed by atoms with Crippen LogP contribution in [0.5, 0.6) is 0 Å². The standard InChI is InChI=1S/C14H21ClN4/c1-11(14(16)17)10-18-5-7-19(8-6-18)13-4-2-3-12(15)9-13/h2-4,9,11H,5-8,10H2,1H3,(H3,16,17). The zero-order valence-electron chi connectivity index (χ0n) is 11.3. The predicted molar refractivity (Wildman–Crippen MR) is 81.2 cm³/mol. The third kappa shape index (κ3) is 3.85.